The first kappa shape index (κ1) is 20.7. The minimum atomic E-state index is -0.700. The van der Waals surface area contributed by atoms with Gasteiger partial charge in [-0.1, -0.05) is 6.07 Å². The van der Waals surface area contributed by atoms with Gasteiger partial charge in [0.2, 0.25) is 5.95 Å². The standard InChI is InChI=1S/C20H18N12O2/c1-32-9-27-16(31-32)10-4-3-5-12(14(10)34-2)28-17-11(15(21)33)6-22-20(29-17)30-19-13-18(24-7-23-13)25-8-26-19/h3-9H,1-2H3,(H2,21,33)(H3,22,23,24,25,26,28,29,30). The molecule has 5 aromatic rings. The lowest BCUT2D eigenvalue weighted by atomic mass is 10.1. The zero-order chi connectivity index (χ0) is 23.7. The van der Waals surface area contributed by atoms with Gasteiger partial charge >= 0.3 is 0 Å². The Kier molecular flexibility index (Phi) is 5.14. The topological polar surface area (TPSA) is 187 Å². The number of aromatic amines is 1. The van der Waals surface area contributed by atoms with Crippen molar-refractivity contribution in [2.45, 2.75) is 0 Å². The number of benzene rings is 1. The van der Waals surface area contributed by atoms with Crippen LogP contribution in [-0.2, 0) is 7.05 Å². The number of imidazole rings is 1. The van der Waals surface area contributed by atoms with Crippen LogP contribution in [0.4, 0.5) is 23.3 Å². The smallest absolute Gasteiger partial charge is 0.254 e. The summed E-state index contributed by atoms with van der Waals surface area (Å²) in [5.74, 6) is 1.00. The maximum Gasteiger partial charge on any atom is 0.254 e. The Hall–Kier alpha value is -5.14. The predicted molar refractivity (Wildman–Crippen MR) is 122 cm³/mol. The van der Waals surface area contributed by atoms with Crippen molar-refractivity contribution in [2.24, 2.45) is 12.8 Å². The third-order valence-electron chi connectivity index (χ3n) is 4.82. The van der Waals surface area contributed by atoms with E-state index in [1.54, 1.807) is 30.2 Å². The quantitative estimate of drug-likeness (QED) is 0.277. The molecule has 0 aliphatic rings. The van der Waals surface area contributed by atoms with Crippen molar-refractivity contribution in [1.82, 2.24) is 44.7 Å². The number of nitrogens with two attached hydrogens (primary N) is 1. The first-order chi connectivity index (χ1) is 16.5. The van der Waals surface area contributed by atoms with Crippen LogP contribution in [0.5, 0.6) is 5.75 Å². The Bertz CT molecular complexity index is 1510. The Morgan fingerprint density at radius 3 is 2.76 bits per heavy atom. The Morgan fingerprint density at radius 2 is 2.00 bits per heavy atom. The molecule has 0 aliphatic heterocycles. The first-order valence-corrected chi connectivity index (χ1v) is 9.91. The molecule has 0 atom stereocenters. The van der Waals surface area contributed by atoms with Crippen LogP contribution in [-0.4, -0.2) is 57.7 Å². The van der Waals surface area contributed by atoms with Crippen molar-refractivity contribution in [2.75, 3.05) is 17.7 Å². The third-order valence-corrected chi connectivity index (χ3v) is 4.82. The number of methoxy groups -OCH3 is 1. The van der Waals surface area contributed by atoms with Gasteiger partial charge in [0.1, 0.15) is 29.6 Å². The number of H-pyrrole nitrogens is 1. The highest BCUT2D eigenvalue weighted by Gasteiger charge is 2.18. The van der Waals surface area contributed by atoms with Crippen molar-refractivity contribution >= 4 is 40.3 Å². The van der Waals surface area contributed by atoms with E-state index in [0.29, 0.717) is 39.8 Å². The third kappa shape index (κ3) is 3.79. The maximum absolute atomic E-state index is 12.1. The average molecular weight is 458 g/mol. The zero-order valence-corrected chi connectivity index (χ0v) is 18.0. The van der Waals surface area contributed by atoms with E-state index >= 15 is 0 Å². The first-order valence-electron chi connectivity index (χ1n) is 9.91. The molecule has 0 radical (unpaired) electrons. The number of rotatable bonds is 7. The number of carbonyl (C=O) groups excluding carboxylic acids is 1. The van der Waals surface area contributed by atoms with Crippen molar-refractivity contribution in [3.05, 3.63) is 48.9 Å². The molecule has 5 N–H and O–H groups in total. The van der Waals surface area contributed by atoms with Gasteiger partial charge in [0.25, 0.3) is 5.91 Å². The van der Waals surface area contributed by atoms with Gasteiger partial charge in [-0.2, -0.15) is 10.1 Å². The van der Waals surface area contributed by atoms with E-state index in [4.69, 9.17) is 10.5 Å². The Balaban J connectivity index is 1.53. The highest BCUT2D eigenvalue weighted by atomic mass is 16.5. The number of nitrogens with one attached hydrogen (secondary N) is 3. The van der Waals surface area contributed by atoms with Crippen LogP contribution in [0.3, 0.4) is 0 Å². The number of aryl methyl sites for hydroxylation is 1. The summed E-state index contributed by atoms with van der Waals surface area (Å²) in [6, 6.07) is 5.40. The van der Waals surface area contributed by atoms with Gasteiger partial charge in [-0.25, -0.2) is 24.9 Å². The fourth-order valence-electron chi connectivity index (χ4n) is 3.31. The molecule has 14 heteroatoms. The summed E-state index contributed by atoms with van der Waals surface area (Å²) in [6.45, 7) is 0. The van der Waals surface area contributed by atoms with Gasteiger partial charge in [-0.05, 0) is 12.1 Å². The maximum atomic E-state index is 12.1. The molecule has 0 aliphatic carbocycles. The molecular formula is C20H18N12O2. The van der Waals surface area contributed by atoms with Gasteiger partial charge in [-0.15, -0.1) is 0 Å². The molecule has 170 valence electrons. The predicted octanol–water partition coefficient (Wildman–Crippen LogP) is 1.53. The second-order valence-corrected chi connectivity index (χ2v) is 7.02. The summed E-state index contributed by atoms with van der Waals surface area (Å²) >= 11 is 0. The summed E-state index contributed by atoms with van der Waals surface area (Å²) < 4.78 is 7.21. The van der Waals surface area contributed by atoms with Gasteiger partial charge in [-0.3, -0.25) is 9.48 Å². The van der Waals surface area contributed by atoms with Crippen LogP contribution >= 0.6 is 0 Å². The van der Waals surface area contributed by atoms with Crippen LogP contribution in [0, 0.1) is 0 Å². The molecule has 0 bridgehead atoms. The van der Waals surface area contributed by atoms with E-state index in [2.05, 4.69) is 50.6 Å². The van der Waals surface area contributed by atoms with Crippen LogP contribution < -0.4 is 21.1 Å². The number of aromatic nitrogens is 9. The average Bonchev–Trinajstić information content (AvgIpc) is 3.48. The summed E-state index contributed by atoms with van der Waals surface area (Å²) in [5, 5.41) is 10.5. The minimum absolute atomic E-state index is 0.0864. The molecule has 0 spiro atoms. The molecule has 0 unspecified atom stereocenters. The molecule has 0 saturated carbocycles. The van der Waals surface area contributed by atoms with Gasteiger partial charge in [0.05, 0.1) is 24.7 Å². The van der Waals surface area contributed by atoms with Crippen LogP contribution in [0.25, 0.3) is 22.6 Å². The molecule has 4 heterocycles. The summed E-state index contributed by atoms with van der Waals surface area (Å²) in [6.07, 6.45) is 5.78. The lowest BCUT2D eigenvalue weighted by molar-refractivity contribution is 0.100. The van der Waals surface area contributed by atoms with E-state index in [-0.39, 0.29) is 17.3 Å². The molecular weight excluding hydrogens is 440 g/mol. The van der Waals surface area contributed by atoms with Crippen molar-refractivity contribution < 1.29 is 9.53 Å². The number of carbonyl (C=O) groups is 1. The van der Waals surface area contributed by atoms with Crippen molar-refractivity contribution in [3.63, 3.8) is 0 Å². The normalized spacial score (nSPS) is 10.9. The van der Waals surface area contributed by atoms with Gasteiger partial charge in [0, 0.05) is 13.2 Å². The highest BCUT2D eigenvalue weighted by Crippen LogP contribution is 2.36. The number of ether oxygens (including phenoxy) is 1. The number of primary amides is 1. The molecule has 0 fully saturated rings. The number of nitrogens with zero attached hydrogens (tertiary/aromatic N) is 8. The van der Waals surface area contributed by atoms with E-state index < -0.39 is 5.91 Å². The van der Waals surface area contributed by atoms with E-state index in [1.807, 2.05) is 6.07 Å². The van der Waals surface area contributed by atoms with Crippen LogP contribution in [0.15, 0.2) is 43.4 Å². The number of fused-ring (bicyclic) bond motifs is 1. The second kappa shape index (κ2) is 8.42. The Morgan fingerprint density at radius 1 is 1.12 bits per heavy atom. The molecule has 0 saturated heterocycles. The summed E-state index contributed by atoms with van der Waals surface area (Å²) in [7, 11) is 3.30. The largest absolute Gasteiger partial charge is 0.494 e. The molecule has 5 rings (SSSR count). The fraction of sp³-hybridized carbons (Fsp3) is 0.100. The number of amides is 1. The number of hydrogen-bond donors (Lipinski definition) is 4. The highest BCUT2D eigenvalue weighted by molar-refractivity contribution is 5.98. The molecule has 14 nitrogen and oxygen atoms in total. The van der Waals surface area contributed by atoms with Gasteiger partial charge in [0.15, 0.2) is 23.0 Å². The molecule has 4 aromatic heterocycles. The lowest BCUT2D eigenvalue weighted by Crippen LogP contribution is -2.16. The van der Waals surface area contributed by atoms with E-state index in [1.165, 1.54) is 26.0 Å². The number of hydrogen-bond acceptors (Lipinski definition) is 11. The van der Waals surface area contributed by atoms with Gasteiger partial charge < -0.3 is 26.1 Å². The van der Waals surface area contributed by atoms with Crippen molar-refractivity contribution in [1.29, 1.82) is 0 Å². The Labute approximate surface area is 191 Å². The number of anilines is 4. The molecule has 1 amide bonds. The second-order valence-electron chi connectivity index (χ2n) is 7.02. The SMILES string of the molecule is COc1c(Nc2nc(Nc3ncnc4nc[nH]c34)ncc2C(N)=O)cccc1-c1ncn(C)n1. The fourth-order valence-corrected chi connectivity index (χ4v) is 3.31. The molecule has 34 heavy (non-hydrogen) atoms. The summed E-state index contributed by atoms with van der Waals surface area (Å²) in [4.78, 5) is 40.3. The monoisotopic (exact) mass is 458 g/mol. The van der Waals surface area contributed by atoms with Crippen LogP contribution in [0.1, 0.15) is 10.4 Å². The van der Waals surface area contributed by atoms with E-state index in [9.17, 15) is 4.79 Å². The molecule has 1 aromatic carbocycles. The summed E-state index contributed by atoms with van der Waals surface area (Å²) in [5.41, 5.74) is 7.89. The van der Waals surface area contributed by atoms with Crippen LogP contribution in [0.2, 0.25) is 0 Å². The lowest BCUT2D eigenvalue weighted by Gasteiger charge is -2.15. The van der Waals surface area contributed by atoms with E-state index in [0.717, 1.165) is 0 Å². The minimum Gasteiger partial charge on any atom is -0.494 e. The zero-order valence-electron chi connectivity index (χ0n) is 18.0. The number of para-hydroxylation sites is 1. The van der Waals surface area contributed by atoms with Crippen molar-refractivity contribution in [3.8, 4) is 17.1 Å².